The number of hydrogen-bond donors (Lipinski definition) is 0. The molecule has 192 valence electrons. The molecular weight excluding hydrogens is 468 g/mol. The molecule has 3 unspecified atom stereocenters. The summed E-state index contributed by atoms with van der Waals surface area (Å²) in [5, 5.41) is 5.97. The first-order valence-electron chi connectivity index (χ1n) is 14.0. The maximum atomic E-state index is 7.25. The van der Waals surface area contributed by atoms with Crippen molar-refractivity contribution in [2.24, 2.45) is 11.8 Å². The average Bonchev–Trinajstić information content (AvgIpc) is 2.99. The van der Waals surface area contributed by atoms with E-state index < -0.39 is 0 Å². The minimum atomic E-state index is -0.113. The van der Waals surface area contributed by atoms with E-state index in [9.17, 15) is 0 Å². The summed E-state index contributed by atoms with van der Waals surface area (Å²) in [4.78, 5) is 7.39. The number of methoxy groups -OCH3 is 1. The molecule has 0 spiro atoms. The molecular formula is C34H34N2O2. The summed E-state index contributed by atoms with van der Waals surface area (Å²) >= 11 is 0. The van der Waals surface area contributed by atoms with Crippen LogP contribution in [0.1, 0.15) is 37.9 Å². The first-order valence-corrected chi connectivity index (χ1v) is 14.0. The van der Waals surface area contributed by atoms with Gasteiger partial charge in [0.1, 0.15) is 17.6 Å². The zero-order valence-corrected chi connectivity index (χ0v) is 22.1. The van der Waals surface area contributed by atoms with E-state index in [1.54, 1.807) is 7.11 Å². The highest BCUT2D eigenvalue weighted by molar-refractivity contribution is 6.10. The van der Waals surface area contributed by atoms with Crippen LogP contribution in [0.5, 0.6) is 11.5 Å². The van der Waals surface area contributed by atoms with Crippen LogP contribution in [0.15, 0.2) is 85.1 Å². The predicted octanol–water partition coefficient (Wildman–Crippen LogP) is 7.79. The van der Waals surface area contributed by atoms with E-state index in [-0.39, 0.29) is 6.10 Å². The lowest BCUT2D eigenvalue weighted by Crippen LogP contribution is -2.56. The summed E-state index contributed by atoms with van der Waals surface area (Å²) in [6.07, 6.45) is 5.54. The van der Waals surface area contributed by atoms with Crippen LogP contribution in [0.2, 0.25) is 0 Å². The van der Waals surface area contributed by atoms with Gasteiger partial charge in [-0.15, -0.1) is 0 Å². The van der Waals surface area contributed by atoms with Gasteiger partial charge in [-0.25, -0.2) is 0 Å². The molecule has 1 aromatic heterocycles. The smallest absolute Gasteiger partial charge is 0.140 e. The number of fused-ring (bicyclic) bond motifs is 7. The molecule has 3 saturated heterocycles. The largest absolute Gasteiger partial charge is 0.497 e. The van der Waals surface area contributed by atoms with E-state index in [2.05, 4.69) is 84.6 Å². The molecule has 8 rings (SSSR count). The molecule has 0 amide bonds. The molecule has 4 aromatic carbocycles. The van der Waals surface area contributed by atoms with Gasteiger partial charge in [-0.3, -0.25) is 9.88 Å². The third kappa shape index (κ3) is 3.90. The van der Waals surface area contributed by atoms with Crippen molar-refractivity contribution in [1.29, 1.82) is 0 Å². The molecule has 3 fully saturated rings. The highest BCUT2D eigenvalue weighted by atomic mass is 16.5. The van der Waals surface area contributed by atoms with E-state index in [1.165, 1.54) is 41.0 Å². The first-order chi connectivity index (χ1) is 18.7. The number of ether oxygens (including phenoxy) is 2. The van der Waals surface area contributed by atoms with Gasteiger partial charge in [-0.1, -0.05) is 61.9 Å². The quantitative estimate of drug-likeness (QED) is 0.222. The molecule has 4 heteroatoms. The van der Waals surface area contributed by atoms with Crippen LogP contribution in [-0.2, 0) is 0 Å². The zero-order valence-electron chi connectivity index (χ0n) is 22.1. The van der Waals surface area contributed by atoms with Crippen molar-refractivity contribution in [2.75, 3.05) is 20.2 Å². The van der Waals surface area contributed by atoms with Crippen molar-refractivity contribution in [1.82, 2.24) is 9.88 Å². The zero-order chi connectivity index (χ0) is 25.6. The molecule has 5 aromatic rings. The standard InChI is InChI=1S/C34H34N2O2/c1-3-22-21-36-17-15-23(22)18-32(36)34(29-14-16-35-31-13-12-25(37-2)20-30(29)31)38-33-19-24-8-4-5-9-26(24)27-10-6-7-11-28(27)33/h4-14,16,19-20,22-23,32,34H,3,15,17-18,21H2,1-2H3/t22?,23?,32-,34-/m0/s1. The number of nitrogens with zero attached hydrogens (tertiary/aromatic N) is 2. The van der Waals surface area contributed by atoms with Crippen molar-refractivity contribution >= 4 is 32.4 Å². The monoisotopic (exact) mass is 502 g/mol. The molecule has 4 nitrogen and oxygen atoms in total. The Bertz CT molecular complexity index is 1630. The summed E-state index contributed by atoms with van der Waals surface area (Å²) in [5.74, 6) is 3.35. The Labute approximate surface area is 224 Å². The minimum Gasteiger partial charge on any atom is -0.497 e. The molecule has 0 saturated carbocycles. The van der Waals surface area contributed by atoms with E-state index in [0.29, 0.717) is 6.04 Å². The van der Waals surface area contributed by atoms with Crippen LogP contribution in [0.3, 0.4) is 0 Å². The summed E-state index contributed by atoms with van der Waals surface area (Å²) in [7, 11) is 1.73. The molecule has 0 aliphatic carbocycles. The predicted molar refractivity (Wildman–Crippen MR) is 155 cm³/mol. The average molecular weight is 503 g/mol. The number of aromatic nitrogens is 1. The molecule has 38 heavy (non-hydrogen) atoms. The van der Waals surface area contributed by atoms with Crippen molar-refractivity contribution in [3.05, 3.63) is 90.6 Å². The fourth-order valence-corrected chi connectivity index (χ4v) is 7.08. The number of pyridine rings is 1. The lowest BCUT2D eigenvalue weighted by atomic mass is 9.72. The number of piperidine rings is 3. The van der Waals surface area contributed by atoms with E-state index >= 15 is 0 Å². The normalized spacial score (nSPS) is 23.6. The number of benzene rings is 4. The Morgan fingerprint density at radius 3 is 2.53 bits per heavy atom. The van der Waals surface area contributed by atoms with Gasteiger partial charge in [0, 0.05) is 29.1 Å². The SMILES string of the molecule is CCC1CN2CCC1C[C@H]2[C@@H](Oc1cc2ccccc2c2ccccc12)c1ccnc2ccc(OC)cc12. The first kappa shape index (κ1) is 23.5. The van der Waals surface area contributed by atoms with Gasteiger partial charge in [0.05, 0.1) is 18.7 Å². The highest BCUT2D eigenvalue weighted by Crippen LogP contribution is 2.45. The fraction of sp³-hybridized carbons (Fsp3) is 0.324. The Kier molecular flexibility index (Phi) is 5.93. The lowest BCUT2D eigenvalue weighted by molar-refractivity contribution is -0.0480. The maximum absolute atomic E-state index is 7.25. The molecule has 2 bridgehead atoms. The summed E-state index contributed by atoms with van der Waals surface area (Å²) < 4.78 is 12.9. The maximum Gasteiger partial charge on any atom is 0.140 e. The highest BCUT2D eigenvalue weighted by Gasteiger charge is 2.44. The van der Waals surface area contributed by atoms with E-state index in [4.69, 9.17) is 14.5 Å². The molecule has 3 aliphatic heterocycles. The lowest BCUT2D eigenvalue weighted by Gasteiger charge is -2.52. The van der Waals surface area contributed by atoms with Crippen LogP contribution in [-0.4, -0.2) is 36.1 Å². The van der Waals surface area contributed by atoms with Crippen molar-refractivity contribution < 1.29 is 9.47 Å². The van der Waals surface area contributed by atoms with Gasteiger partial charge >= 0.3 is 0 Å². The van der Waals surface area contributed by atoms with Gasteiger partial charge < -0.3 is 9.47 Å². The third-order valence-corrected chi connectivity index (χ3v) is 9.08. The van der Waals surface area contributed by atoms with Gasteiger partial charge in [0.15, 0.2) is 0 Å². The Balaban J connectivity index is 1.41. The van der Waals surface area contributed by atoms with Crippen LogP contribution in [0.4, 0.5) is 0 Å². The summed E-state index contributed by atoms with van der Waals surface area (Å²) in [6.45, 7) is 4.66. The number of hydrogen-bond acceptors (Lipinski definition) is 4. The third-order valence-electron chi connectivity index (χ3n) is 9.08. The van der Waals surface area contributed by atoms with Crippen LogP contribution < -0.4 is 9.47 Å². The molecule has 3 aliphatic rings. The van der Waals surface area contributed by atoms with Gasteiger partial charge in [-0.2, -0.15) is 0 Å². The summed E-state index contributed by atoms with van der Waals surface area (Å²) in [6, 6.07) is 28.2. The van der Waals surface area contributed by atoms with Gasteiger partial charge in [-0.05, 0) is 77.7 Å². The van der Waals surface area contributed by atoms with Crippen LogP contribution in [0, 0.1) is 11.8 Å². The topological polar surface area (TPSA) is 34.6 Å². The molecule has 0 radical (unpaired) electrons. The minimum absolute atomic E-state index is 0.113. The van der Waals surface area contributed by atoms with E-state index in [1.807, 2.05) is 12.3 Å². The second-order valence-electron chi connectivity index (χ2n) is 11.0. The van der Waals surface area contributed by atoms with Crippen molar-refractivity contribution in [2.45, 2.75) is 38.3 Å². The molecule has 5 atom stereocenters. The van der Waals surface area contributed by atoms with Crippen molar-refractivity contribution in [3.63, 3.8) is 0 Å². The fourth-order valence-electron chi connectivity index (χ4n) is 7.08. The van der Waals surface area contributed by atoms with Gasteiger partial charge in [0.2, 0.25) is 0 Å². The molecule has 4 heterocycles. The summed E-state index contributed by atoms with van der Waals surface area (Å²) in [5.41, 5.74) is 2.17. The second-order valence-corrected chi connectivity index (χ2v) is 11.0. The van der Waals surface area contributed by atoms with Crippen molar-refractivity contribution in [3.8, 4) is 11.5 Å². The van der Waals surface area contributed by atoms with Crippen LogP contribution in [0.25, 0.3) is 32.4 Å². The number of rotatable bonds is 6. The Morgan fingerprint density at radius 2 is 1.74 bits per heavy atom. The Morgan fingerprint density at radius 1 is 0.921 bits per heavy atom. The second kappa shape index (κ2) is 9.59. The van der Waals surface area contributed by atoms with Crippen LogP contribution >= 0.6 is 0 Å². The van der Waals surface area contributed by atoms with Gasteiger partial charge in [0.25, 0.3) is 0 Å². The molecule has 0 N–H and O–H groups in total. The Hall–Kier alpha value is -3.63. The van der Waals surface area contributed by atoms with E-state index in [0.717, 1.165) is 52.7 Å².